The maximum atomic E-state index is 11.9. The molecule has 0 bridgehead atoms. The van der Waals surface area contributed by atoms with E-state index in [1.807, 2.05) is 36.2 Å². The minimum absolute atomic E-state index is 0.220. The van der Waals surface area contributed by atoms with E-state index in [1.165, 1.54) is 5.56 Å². The van der Waals surface area contributed by atoms with Crippen molar-refractivity contribution in [1.82, 2.24) is 10.2 Å². The average molecular weight is 248 g/mol. The number of nitrogens with one attached hydrogen (secondary N) is 1. The van der Waals surface area contributed by atoms with Gasteiger partial charge in [-0.15, -0.1) is 0 Å². The van der Waals surface area contributed by atoms with Crippen LogP contribution in [-0.2, 0) is 11.2 Å². The van der Waals surface area contributed by atoms with Gasteiger partial charge >= 0.3 is 0 Å². The number of amides is 1. The summed E-state index contributed by atoms with van der Waals surface area (Å²) < 4.78 is 5.10. The molecule has 1 N–H and O–H groups in total. The number of ether oxygens (including phenoxy) is 1. The Morgan fingerprint density at radius 3 is 2.56 bits per heavy atom. The Balaban J connectivity index is 1.80. The van der Waals surface area contributed by atoms with E-state index in [9.17, 15) is 4.79 Å². The van der Waals surface area contributed by atoms with Crippen molar-refractivity contribution in [2.45, 2.75) is 18.9 Å². The van der Waals surface area contributed by atoms with Crippen molar-refractivity contribution < 1.29 is 9.53 Å². The molecule has 1 aromatic carbocycles. The third-order valence-corrected chi connectivity index (χ3v) is 3.49. The molecule has 0 aromatic heterocycles. The minimum atomic E-state index is 0.220. The second-order valence-electron chi connectivity index (χ2n) is 4.66. The molecule has 2 rings (SSSR count). The van der Waals surface area contributed by atoms with E-state index in [2.05, 4.69) is 5.32 Å². The van der Waals surface area contributed by atoms with E-state index in [0.29, 0.717) is 12.5 Å². The number of carbonyl (C=O) groups is 1. The summed E-state index contributed by atoms with van der Waals surface area (Å²) in [5.41, 5.74) is 1.17. The fraction of sp³-hybridized carbons (Fsp3) is 0.500. The summed E-state index contributed by atoms with van der Waals surface area (Å²) in [7, 11) is 3.54. The van der Waals surface area contributed by atoms with Gasteiger partial charge in [0.05, 0.1) is 13.2 Å². The highest BCUT2D eigenvalue weighted by molar-refractivity contribution is 5.76. The number of benzene rings is 1. The van der Waals surface area contributed by atoms with Gasteiger partial charge in [-0.2, -0.15) is 0 Å². The van der Waals surface area contributed by atoms with Crippen LogP contribution in [0.15, 0.2) is 24.3 Å². The Bertz CT molecular complexity index is 399. The summed E-state index contributed by atoms with van der Waals surface area (Å²) in [5, 5.41) is 3.18. The number of hydrogen-bond acceptors (Lipinski definition) is 3. The van der Waals surface area contributed by atoms with Crippen molar-refractivity contribution in [1.29, 1.82) is 0 Å². The number of likely N-dealkylation sites (N-methyl/N-ethyl adjacent to an activating group) is 1. The van der Waals surface area contributed by atoms with Crippen LogP contribution in [0.25, 0.3) is 0 Å². The molecule has 18 heavy (non-hydrogen) atoms. The predicted molar refractivity (Wildman–Crippen MR) is 70.7 cm³/mol. The zero-order valence-electron chi connectivity index (χ0n) is 11.0. The quantitative estimate of drug-likeness (QED) is 0.847. The molecule has 4 nitrogen and oxygen atoms in total. The van der Waals surface area contributed by atoms with Crippen LogP contribution in [0.3, 0.4) is 0 Å². The third kappa shape index (κ3) is 3.01. The zero-order chi connectivity index (χ0) is 13.0. The molecular weight excluding hydrogens is 228 g/mol. The fourth-order valence-electron chi connectivity index (χ4n) is 1.97. The smallest absolute Gasteiger partial charge is 0.222 e. The molecular formula is C14H20N2O2. The van der Waals surface area contributed by atoms with Gasteiger partial charge in [0.2, 0.25) is 5.91 Å². The van der Waals surface area contributed by atoms with E-state index in [0.717, 1.165) is 25.3 Å². The minimum Gasteiger partial charge on any atom is -0.497 e. The average Bonchev–Trinajstić information content (AvgIpc) is 2.34. The Labute approximate surface area is 108 Å². The van der Waals surface area contributed by atoms with Crippen LogP contribution in [0.5, 0.6) is 5.75 Å². The van der Waals surface area contributed by atoms with Crippen molar-refractivity contribution in [2.24, 2.45) is 0 Å². The summed E-state index contributed by atoms with van der Waals surface area (Å²) in [6.07, 6.45) is 1.35. The summed E-state index contributed by atoms with van der Waals surface area (Å²) in [5.74, 6) is 1.07. The lowest BCUT2D eigenvalue weighted by molar-refractivity contribution is -0.132. The number of nitrogens with zero attached hydrogens (tertiary/aromatic N) is 1. The molecule has 0 atom stereocenters. The first-order valence-electron chi connectivity index (χ1n) is 6.30. The summed E-state index contributed by atoms with van der Waals surface area (Å²) >= 11 is 0. The van der Waals surface area contributed by atoms with E-state index < -0.39 is 0 Å². The standard InChI is InChI=1S/C14H20N2O2/c1-16(12-9-15-10-12)14(17)8-5-11-3-6-13(18-2)7-4-11/h3-4,6-7,12,15H,5,8-10H2,1-2H3. The molecule has 0 spiro atoms. The first-order chi connectivity index (χ1) is 8.70. The van der Waals surface area contributed by atoms with Gasteiger partial charge in [-0.3, -0.25) is 4.79 Å². The van der Waals surface area contributed by atoms with Crippen LogP contribution in [0.4, 0.5) is 0 Å². The predicted octanol–water partition coefficient (Wildman–Crippen LogP) is 1.06. The van der Waals surface area contributed by atoms with Gasteiger partial charge in [0.15, 0.2) is 0 Å². The molecule has 98 valence electrons. The van der Waals surface area contributed by atoms with Crippen molar-refractivity contribution in [3.8, 4) is 5.75 Å². The Hall–Kier alpha value is -1.55. The molecule has 1 aromatic rings. The number of methoxy groups -OCH3 is 1. The topological polar surface area (TPSA) is 41.6 Å². The van der Waals surface area contributed by atoms with Gasteiger partial charge in [0.1, 0.15) is 5.75 Å². The Morgan fingerprint density at radius 1 is 1.39 bits per heavy atom. The Kier molecular flexibility index (Phi) is 4.20. The molecule has 0 saturated carbocycles. The molecule has 1 saturated heterocycles. The Morgan fingerprint density at radius 2 is 2.06 bits per heavy atom. The fourth-order valence-corrected chi connectivity index (χ4v) is 1.97. The van der Waals surface area contributed by atoms with E-state index in [4.69, 9.17) is 4.74 Å². The molecule has 1 aliphatic rings. The number of aryl methyl sites for hydroxylation is 1. The maximum absolute atomic E-state index is 11.9. The molecule has 4 heteroatoms. The number of rotatable bonds is 5. The summed E-state index contributed by atoms with van der Waals surface area (Å²) in [6, 6.07) is 8.26. The van der Waals surface area contributed by atoms with Gasteiger partial charge in [-0.1, -0.05) is 12.1 Å². The maximum Gasteiger partial charge on any atom is 0.222 e. The van der Waals surface area contributed by atoms with Crippen molar-refractivity contribution in [2.75, 3.05) is 27.2 Å². The second-order valence-corrected chi connectivity index (χ2v) is 4.66. The lowest BCUT2D eigenvalue weighted by Crippen LogP contribution is -2.57. The normalized spacial score (nSPS) is 15.0. The van der Waals surface area contributed by atoms with Crippen molar-refractivity contribution >= 4 is 5.91 Å². The first-order valence-corrected chi connectivity index (χ1v) is 6.30. The second kappa shape index (κ2) is 5.87. The van der Waals surface area contributed by atoms with E-state index >= 15 is 0 Å². The largest absolute Gasteiger partial charge is 0.497 e. The van der Waals surface area contributed by atoms with Gasteiger partial charge in [0, 0.05) is 26.6 Å². The highest BCUT2D eigenvalue weighted by atomic mass is 16.5. The third-order valence-electron chi connectivity index (χ3n) is 3.49. The van der Waals surface area contributed by atoms with Crippen LogP contribution in [0.2, 0.25) is 0 Å². The first kappa shape index (κ1) is 12.9. The summed E-state index contributed by atoms with van der Waals surface area (Å²) in [4.78, 5) is 13.8. The molecule has 1 aliphatic heterocycles. The molecule has 1 fully saturated rings. The van der Waals surface area contributed by atoms with Crippen molar-refractivity contribution in [3.05, 3.63) is 29.8 Å². The molecule has 0 radical (unpaired) electrons. The van der Waals surface area contributed by atoms with Gasteiger partial charge < -0.3 is 15.0 Å². The van der Waals surface area contributed by atoms with Crippen LogP contribution >= 0.6 is 0 Å². The van der Waals surface area contributed by atoms with Gasteiger partial charge in [-0.25, -0.2) is 0 Å². The highest BCUT2D eigenvalue weighted by Gasteiger charge is 2.24. The molecule has 1 heterocycles. The molecule has 0 unspecified atom stereocenters. The monoisotopic (exact) mass is 248 g/mol. The highest BCUT2D eigenvalue weighted by Crippen LogP contribution is 2.13. The van der Waals surface area contributed by atoms with E-state index in [1.54, 1.807) is 7.11 Å². The summed E-state index contributed by atoms with van der Waals surface area (Å²) in [6.45, 7) is 1.84. The lowest BCUT2D eigenvalue weighted by Gasteiger charge is -2.35. The molecule has 1 amide bonds. The van der Waals surface area contributed by atoms with Crippen molar-refractivity contribution in [3.63, 3.8) is 0 Å². The van der Waals surface area contributed by atoms with Gasteiger partial charge in [-0.05, 0) is 24.1 Å². The van der Waals surface area contributed by atoms with Crippen LogP contribution < -0.4 is 10.1 Å². The van der Waals surface area contributed by atoms with Crippen LogP contribution in [0.1, 0.15) is 12.0 Å². The van der Waals surface area contributed by atoms with E-state index in [-0.39, 0.29) is 5.91 Å². The zero-order valence-corrected chi connectivity index (χ0v) is 11.0. The van der Waals surface area contributed by atoms with Crippen LogP contribution in [0, 0.1) is 0 Å². The molecule has 0 aliphatic carbocycles. The number of carbonyl (C=O) groups excluding carboxylic acids is 1. The number of hydrogen-bond donors (Lipinski definition) is 1. The van der Waals surface area contributed by atoms with Gasteiger partial charge in [0.25, 0.3) is 0 Å². The lowest BCUT2D eigenvalue weighted by atomic mass is 10.1. The van der Waals surface area contributed by atoms with Crippen LogP contribution in [-0.4, -0.2) is 44.1 Å². The SMILES string of the molecule is COc1ccc(CCC(=O)N(C)C2CNC2)cc1.